The Morgan fingerprint density at radius 1 is 1.31 bits per heavy atom. The van der Waals surface area contributed by atoms with Crippen LogP contribution in [0.15, 0.2) is 30.5 Å². The number of halogens is 2. The largest absolute Gasteiger partial charge is 0.514 e. The number of nitriles is 1. The molecule has 0 bridgehead atoms. The molecule has 0 radical (unpaired) electrons. The number of carbonyl (C=O) groups excluding carboxylic acids is 3. The summed E-state index contributed by atoms with van der Waals surface area (Å²) < 4.78 is 24.7. The number of rotatable bonds is 7. The SMILES string of the molecule is CCC(=O)c1ccc(F)c(C2CC2NC(=O)Nc2ccc(C#N)cn2)c1OC(=O)OCI. The maximum absolute atomic E-state index is 14.7. The lowest BCUT2D eigenvalue weighted by molar-refractivity contribution is 0.0979. The van der Waals surface area contributed by atoms with Crippen molar-refractivity contribution in [3.63, 3.8) is 0 Å². The number of urea groups is 1. The summed E-state index contributed by atoms with van der Waals surface area (Å²) in [4.78, 5) is 40.4. The fourth-order valence-electron chi connectivity index (χ4n) is 3.13. The third-order valence-electron chi connectivity index (χ3n) is 4.73. The van der Waals surface area contributed by atoms with E-state index in [0.717, 1.165) is 6.07 Å². The first-order valence-corrected chi connectivity index (χ1v) is 11.1. The van der Waals surface area contributed by atoms with E-state index in [4.69, 9.17) is 14.7 Å². The summed E-state index contributed by atoms with van der Waals surface area (Å²) in [6.07, 6.45) is 0.785. The zero-order valence-corrected chi connectivity index (χ0v) is 19.0. The van der Waals surface area contributed by atoms with Crippen LogP contribution in [0, 0.1) is 17.1 Å². The standard InChI is InChI=1S/C21H18FIN4O5/c1-2-16(28)12-4-5-14(22)18(19(12)32-21(30)31-10-23)13-7-15(13)26-20(29)27-17-6-3-11(8-24)9-25-17/h3-6,9,13,15H,2,7,10H2,1H3,(H2,25,26,27,29). The Bertz CT molecular complexity index is 1090. The first-order valence-electron chi connectivity index (χ1n) is 9.57. The number of ketones is 1. The van der Waals surface area contributed by atoms with Gasteiger partial charge in [-0.15, -0.1) is 0 Å². The zero-order chi connectivity index (χ0) is 23.3. The fourth-order valence-corrected chi connectivity index (χ4v) is 3.38. The van der Waals surface area contributed by atoms with Crippen LogP contribution in [0.3, 0.4) is 0 Å². The minimum Gasteiger partial charge on any atom is -0.423 e. The van der Waals surface area contributed by atoms with Crippen molar-refractivity contribution in [1.82, 2.24) is 10.3 Å². The van der Waals surface area contributed by atoms with E-state index in [-0.39, 0.29) is 39.5 Å². The molecule has 0 saturated heterocycles. The minimum absolute atomic E-state index is 0.0233. The highest BCUT2D eigenvalue weighted by Gasteiger charge is 2.44. The number of hydrogen-bond donors (Lipinski definition) is 2. The molecule has 2 unspecified atom stereocenters. The van der Waals surface area contributed by atoms with Gasteiger partial charge in [-0.3, -0.25) is 10.1 Å². The Morgan fingerprint density at radius 2 is 2.09 bits per heavy atom. The molecule has 1 aromatic heterocycles. The molecule has 1 aliphatic rings. The number of carbonyl (C=O) groups is 3. The van der Waals surface area contributed by atoms with Crippen LogP contribution in [0.1, 0.15) is 47.2 Å². The lowest BCUT2D eigenvalue weighted by atomic mass is 10.00. The second kappa shape index (κ2) is 10.4. The number of alkyl halides is 1. The number of amides is 2. The molecule has 2 N–H and O–H groups in total. The Balaban J connectivity index is 1.77. The maximum atomic E-state index is 14.7. The van der Waals surface area contributed by atoms with Crippen LogP contribution in [-0.2, 0) is 4.74 Å². The average Bonchev–Trinajstić information content (AvgIpc) is 3.52. The second-order valence-electron chi connectivity index (χ2n) is 6.81. The predicted octanol–water partition coefficient (Wildman–Crippen LogP) is 4.27. The van der Waals surface area contributed by atoms with E-state index >= 15 is 0 Å². The van der Waals surface area contributed by atoms with E-state index in [1.54, 1.807) is 29.5 Å². The van der Waals surface area contributed by atoms with Gasteiger partial charge >= 0.3 is 12.2 Å². The van der Waals surface area contributed by atoms with Crippen molar-refractivity contribution in [2.75, 3.05) is 9.93 Å². The smallest absolute Gasteiger partial charge is 0.423 e. The molecule has 2 amide bonds. The molecule has 0 spiro atoms. The summed E-state index contributed by atoms with van der Waals surface area (Å²) in [6.45, 7) is 1.64. The first-order chi connectivity index (χ1) is 15.4. The van der Waals surface area contributed by atoms with Crippen LogP contribution in [0.4, 0.5) is 19.8 Å². The first kappa shape index (κ1) is 23.4. The van der Waals surface area contributed by atoms with E-state index in [1.807, 2.05) is 6.07 Å². The van der Waals surface area contributed by atoms with E-state index in [2.05, 4.69) is 15.6 Å². The lowest BCUT2D eigenvalue weighted by Gasteiger charge is -2.15. The third kappa shape index (κ3) is 5.50. The molecule has 1 aromatic carbocycles. The summed E-state index contributed by atoms with van der Waals surface area (Å²) in [5.74, 6) is -1.42. The van der Waals surface area contributed by atoms with Crippen molar-refractivity contribution in [2.45, 2.75) is 31.7 Å². The Hall–Kier alpha value is -3.27. The van der Waals surface area contributed by atoms with E-state index in [0.29, 0.717) is 12.0 Å². The molecule has 11 heteroatoms. The average molecular weight is 552 g/mol. The van der Waals surface area contributed by atoms with Crippen LogP contribution in [-0.4, -0.2) is 33.6 Å². The molecule has 166 valence electrons. The van der Waals surface area contributed by atoms with Gasteiger partial charge in [0.05, 0.1) is 11.1 Å². The van der Waals surface area contributed by atoms with Crippen LogP contribution >= 0.6 is 22.6 Å². The monoisotopic (exact) mass is 552 g/mol. The number of anilines is 1. The number of hydrogen-bond acceptors (Lipinski definition) is 7. The van der Waals surface area contributed by atoms with Crippen LogP contribution in [0.25, 0.3) is 0 Å². The number of Topliss-reactive ketones (excluding diaryl/α,β-unsaturated/α-hetero) is 1. The van der Waals surface area contributed by atoms with Gasteiger partial charge in [0, 0.05) is 30.1 Å². The van der Waals surface area contributed by atoms with E-state index in [9.17, 15) is 18.8 Å². The van der Waals surface area contributed by atoms with Crippen molar-refractivity contribution < 1.29 is 28.2 Å². The summed E-state index contributed by atoms with van der Waals surface area (Å²) >= 11 is 1.81. The summed E-state index contributed by atoms with van der Waals surface area (Å²) in [6, 6.07) is 6.31. The lowest BCUT2D eigenvalue weighted by Crippen LogP contribution is -2.31. The topological polar surface area (TPSA) is 130 Å². The van der Waals surface area contributed by atoms with Gasteiger partial charge in [-0.25, -0.2) is 19.0 Å². The number of aromatic nitrogens is 1. The van der Waals surface area contributed by atoms with Crippen molar-refractivity contribution >= 4 is 46.4 Å². The number of pyridine rings is 1. The molecular weight excluding hydrogens is 534 g/mol. The van der Waals surface area contributed by atoms with Crippen molar-refractivity contribution in [3.05, 3.63) is 53.0 Å². The fraction of sp³-hybridized carbons (Fsp3) is 0.286. The van der Waals surface area contributed by atoms with Gasteiger partial charge in [0.2, 0.25) is 0 Å². The molecule has 9 nitrogen and oxygen atoms in total. The van der Waals surface area contributed by atoms with Gasteiger partial charge in [-0.2, -0.15) is 5.26 Å². The van der Waals surface area contributed by atoms with E-state index < -0.39 is 30.0 Å². The van der Waals surface area contributed by atoms with E-state index in [1.165, 1.54) is 24.4 Å². The van der Waals surface area contributed by atoms with Crippen LogP contribution in [0.2, 0.25) is 0 Å². The number of benzene rings is 1. The highest BCUT2D eigenvalue weighted by Crippen LogP contribution is 2.47. The molecular formula is C21H18FIN4O5. The summed E-state index contributed by atoms with van der Waals surface area (Å²) in [7, 11) is 0. The third-order valence-corrected chi connectivity index (χ3v) is 5.05. The molecule has 1 fully saturated rings. The van der Waals surface area contributed by atoms with Gasteiger partial charge in [0.15, 0.2) is 11.5 Å². The van der Waals surface area contributed by atoms with Gasteiger partial charge in [-0.1, -0.05) is 6.92 Å². The van der Waals surface area contributed by atoms with Crippen LogP contribution < -0.4 is 15.4 Å². The van der Waals surface area contributed by atoms with Gasteiger partial charge in [0.25, 0.3) is 0 Å². The normalized spacial score (nSPS) is 16.4. The molecule has 2 atom stereocenters. The molecule has 0 aliphatic heterocycles. The number of ether oxygens (including phenoxy) is 2. The van der Waals surface area contributed by atoms with Gasteiger partial charge in [-0.05, 0) is 53.3 Å². The predicted molar refractivity (Wildman–Crippen MR) is 119 cm³/mol. The number of nitrogens with one attached hydrogen (secondary N) is 2. The summed E-state index contributed by atoms with van der Waals surface area (Å²) in [5.41, 5.74) is 0.464. The van der Waals surface area contributed by atoms with Crippen molar-refractivity contribution in [1.29, 1.82) is 5.26 Å². The van der Waals surface area contributed by atoms with Crippen molar-refractivity contribution in [2.24, 2.45) is 0 Å². The second-order valence-corrected chi connectivity index (χ2v) is 7.43. The highest BCUT2D eigenvalue weighted by atomic mass is 127. The highest BCUT2D eigenvalue weighted by molar-refractivity contribution is 14.1. The molecule has 1 heterocycles. The van der Waals surface area contributed by atoms with Gasteiger partial charge < -0.3 is 14.8 Å². The zero-order valence-electron chi connectivity index (χ0n) is 16.9. The molecule has 1 aliphatic carbocycles. The summed E-state index contributed by atoms with van der Waals surface area (Å²) in [5, 5.41) is 14.0. The quantitative estimate of drug-likeness (QED) is 0.173. The molecule has 2 aromatic rings. The Morgan fingerprint density at radius 3 is 2.72 bits per heavy atom. The van der Waals surface area contributed by atoms with Gasteiger partial charge in [0.1, 0.15) is 22.3 Å². The molecule has 3 rings (SSSR count). The van der Waals surface area contributed by atoms with Crippen LogP contribution in [0.5, 0.6) is 5.75 Å². The number of nitrogens with zero attached hydrogens (tertiary/aromatic N) is 2. The molecule has 32 heavy (non-hydrogen) atoms. The Labute approximate surface area is 196 Å². The van der Waals surface area contributed by atoms with Crippen molar-refractivity contribution in [3.8, 4) is 11.8 Å². The minimum atomic E-state index is -1.05. The molecule has 1 saturated carbocycles. The maximum Gasteiger partial charge on any atom is 0.514 e. The Kier molecular flexibility index (Phi) is 7.57.